The van der Waals surface area contributed by atoms with Crippen molar-refractivity contribution < 1.29 is 18.3 Å². The van der Waals surface area contributed by atoms with Gasteiger partial charge in [-0.2, -0.15) is 0 Å². The summed E-state index contributed by atoms with van der Waals surface area (Å²) in [5, 5.41) is 8.26. The highest BCUT2D eigenvalue weighted by molar-refractivity contribution is 7.89. The zero-order chi connectivity index (χ0) is 9.78. The second-order valence-corrected chi connectivity index (χ2v) is 4.55. The lowest BCUT2D eigenvalue weighted by atomic mass is 10.5. The molecule has 0 saturated heterocycles. The standard InChI is InChI=1S/C6H13NO4S/c1-3-4-7(2)12(10,11)5-6(8)9/h3-5H2,1-2H3,(H,8,9). The summed E-state index contributed by atoms with van der Waals surface area (Å²) in [5.74, 6) is -2.15. The third-order valence-electron chi connectivity index (χ3n) is 1.32. The topological polar surface area (TPSA) is 74.7 Å². The normalized spacial score (nSPS) is 11.9. The van der Waals surface area contributed by atoms with Crippen molar-refractivity contribution in [3.8, 4) is 0 Å². The largest absolute Gasteiger partial charge is 0.480 e. The summed E-state index contributed by atoms with van der Waals surface area (Å²) in [6.45, 7) is 2.18. The Bertz CT molecular complexity index is 246. The van der Waals surface area contributed by atoms with Gasteiger partial charge in [-0.15, -0.1) is 0 Å². The summed E-state index contributed by atoms with van der Waals surface area (Å²) < 4.78 is 23.2. The Morgan fingerprint density at radius 1 is 1.50 bits per heavy atom. The number of carbonyl (C=O) groups is 1. The molecule has 0 spiro atoms. The molecular weight excluding hydrogens is 182 g/mol. The van der Waals surface area contributed by atoms with Crippen molar-refractivity contribution in [1.29, 1.82) is 0 Å². The van der Waals surface area contributed by atoms with Gasteiger partial charge >= 0.3 is 5.97 Å². The van der Waals surface area contributed by atoms with Gasteiger partial charge in [0.05, 0.1) is 0 Å². The minimum atomic E-state index is -3.59. The van der Waals surface area contributed by atoms with E-state index in [0.29, 0.717) is 13.0 Å². The van der Waals surface area contributed by atoms with Crippen molar-refractivity contribution in [3.63, 3.8) is 0 Å². The molecular formula is C6H13NO4S. The Morgan fingerprint density at radius 3 is 2.33 bits per heavy atom. The fraction of sp³-hybridized carbons (Fsp3) is 0.833. The average Bonchev–Trinajstić information content (AvgIpc) is 1.85. The highest BCUT2D eigenvalue weighted by atomic mass is 32.2. The van der Waals surface area contributed by atoms with Crippen molar-refractivity contribution >= 4 is 16.0 Å². The number of nitrogens with zero attached hydrogens (tertiary/aromatic N) is 1. The van der Waals surface area contributed by atoms with Crippen LogP contribution in [0.25, 0.3) is 0 Å². The number of carboxylic acid groups (broad SMARTS) is 1. The summed E-state index contributed by atoms with van der Waals surface area (Å²) in [6, 6.07) is 0. The molecule has 0 aromatic heterocycles. The first-order chi connectivity index (χ1) is 5.40. The quantitative estimate of drug-likeness (QED) is 0.656. The van der Waals surface area contributed by atoms with Gasteiger partial charge in [0, 0.05) is 13.6 Å². The number of sulfonamides is 1. The van der Waals surface area contributed by atoms with E-state index in [9.17, 15) is 13.2 Å². The molecule has 0 rings (SSSR count). The van der Waals surface area contributed by atoms with Gasteiger partial charge in [0.25, 0.3) is 0 Å². The zero-order valence-corrected chi connectivity index (χ0v) is 7.97. The van der Waals surface area contributed by atoms with E-state index in [-0.39, 0.29) is 0 Å². The van der Waals surface area contributed by atoms with E-state index in [2.05, 4.69) is 0 Å². The van der Waals surface area contributed by atoms with Crippen LogP contribution in [0.3, 0.4) is 0 Å². The van der Waals surface area contributed by atoms with Crippen LogP contribution in [-0.4, -0.2) is 43.1 Å². The van der Waals surface area contributed by atoms with Gasteiger partial charge in [0.2, 0.25) is 10.0 Å². The van der Waals surface area contributed by atoms with Crippen LogP contribution in [0, 0.1) is 0 Å². The molecule has 0 bridgehead atoms. The molecule has 0 aromatic rings. The monoisotopic (exact) mass is 195 g/mol. The zero-order valence-electron chi connectivity index (χ0n) is 7.15. The van der Waals surface area contributed by atoms with Crippen molar-refractivity contribution in [2.45, 2.75) is 13.3 Å². The third kappa shape index (κ3) is 3.68. The molecule has 5 nitrogen and oxygen atoms in total. The minimum absolute atomic E-state index is 0.357. The Morgan fingerprint density at radius 2 is 2.00 bits per heavy atom. The van der Waals surface area contributed by atoms with Gasteiger partial charge in [-0.05, 0) is 6.42 Å². The van der Waals surface area contributed by atoms with Gasteiger partial charge in [0.1, 0.15) is 0 Å². The van der Waals surface area contributed by atoms with E-state index >= 15 is 0 Å². The molecule has 0 atom stereocenters. The van der Waals surface area contributed by atoms with E-state index in [1.54, 1.807) is 0 Å². The molecule has 0 saturated carbocycles. The molecule has 0 heterocycles. The molecule has 0 aliphatic rings. The summed E-state index contributed by atoms with van der Waals surface area (Å²) in [5.41, 5.74) is 0. The summed E-state index contributed by atoms with van der Waals surface area (Å²) >= 11 is 0. The maximum atomic E-state index is 11.1. The van der Waals surface area contributed by atoms with Crippen LogP contribution in [0.4, 0.5) is 0 Å². The highest BCUT2D eigenvalue weighted by Crippen LogP contribution is 1.98. The molecule has 0 unspecified atom stereocenters. The Balaban J connectivity index is 4.30. The first-order valence-corrected chi connectivity index (χ1v) is 5.17. The molecule has 0 amide bonds. The fourth-order valence-corrected chi connectivity index (χ4v) is 1.71. The van der Waals surface area contributed by atoms with E-state index in [4.69, 9.17) is 5.11 Å². The molecule has 0 aliphatic heterocycles. The molecule has 6 heteroatoms. The van der Waals surface area contributed by atoms with E-state index in [1.165, 1.54) is 7.05 Å². The van der Waals surface area contributed by atoms with Gasteiger partial charge in [-0.3, -0.25) is 4.79 Å². The van der Waals surface area contributed by atoms with Crippen LogP contribution in [0.15, 0.2) is 0 Å². The van der Waals surface area contributed by atoms with Crippen LogP contribution in [0.1, 0.15) is 13.3 Å². The van der Waals surface area contributed by atoms with Crippen molar-refractivity contribution in [3.05, 3.63) is 0 Å². The molecule has 12 heavy (non-hydrogen) atoms. The first kappa shape index (κ1) is 11.4. The Kier molecular flexibility index (Phi) is 4.19. The third-order valence-corrected chi connectivity index (χ3v) is 3.06. The van der Waals surface area contributed by atoms with Crippen LogP contribution in [-0.2, 0) is 14.8 Å². The van der Waals surface area contributed by atoms with Gasteiger partial charge in [-0.25, -0.2) is 12.7 Å². The smallest absolute Gasteiger partial charge is 0.320 e. The predicted octanol–water partition coefficient (Wildman–Crippen LogP) is -0.257. The SMILES string of the molecule is CCCN(C)S(=O)(=O)CC(=O)O. The Labute approximate surface area is 72.0 Å². The van der Waals surface area contributed by atoms with Gasteiger partial charge in [0.15, 0.2) is 5.75 Å². The second kappa shape index (κ2) is 4.42. The van der Waals surface area contributed by atoms with E-state index in [1.807, 2.05) is 6.92 Å². The summed E-state index contributed by atoms with van der Waals surface area (Å²) in [6.07, 6.45) is 0.676. The number of hydrogen-bond acceptors (Lipinski definition) is 3. The number of carboxylic acids is 1. The summed E-state index contributed by atoms with van der Waals surface area (Å²) in [7, 11) is -2.21. The molecule has 0 fully saturated rings. The van der Waals surface area contributed by atoms with Crippen molar-refractivity contribution in [1.82, 2.24) is 4.31 Å². The Hall–Kier alpha value is -0.620. The average molecular weight is 195 g/mol. The van der Waals surface area contributed by atoms with Gasteiger partial charge < -0.3 is 5.11 Å². The van der Waals surface area contributed by atoms with E-state index < -0.39 is 21.7 Å². The predicted molar refractivity (Wildman–Crippen MR) is 44.3 cm³/mol. The van der Waals surface area contributed by atoms with Crippen molar-refractivity contribution in [2.75, 3.05) is 19.3 Å². The second-order valence-electron chi connectivity index (χ2n) is 2.47. The lowest BCUT2D eigenvalue weighted by molar-refractivity contribution is -0.134. The maximum absolute atomic E-state index is 11.1. The maximum Gasteiger partial charge on any atom is 0.320 e. The molecule has 0 radical (unpaired) electrons. The minimum Gasteiger partial charge on any atom is -0.480 e. The molecule has 0 aliphatic carbocycles. The van der Waals surface area contributed by atoms with Crippen LogP contribution in [0.5, 0.6) is 0 Å². The summed E-state index contributed by atoms with van der Waals surface area (Å²) in [4.78, 5) is 10.1. The number of rotatable bonds is 5. The lowest BCUT2D eigenvalue weighted by Gasteiger charge is -2.13. The molecule has 0 aromatic carbocycles. The van der Waals surface area contributed by atoms with Crippen molar-refractivity contribution in [2.24, 2.45) is 0 Å². The molecule has 1 N–H and O–H groups in total. The lowest BCUT2D eigenvalue weighted by Crippen LogP contribution is -2.32. The number of aliphatic carboxylic acids is 1. The van der Waals surface area contributed by atoms with Crippen LogP contribution >= 0.6 is 0 Å². The first-order valence-electron chi connectivity index (χ1n) is 3.56. The number of hydrogen-bond donors (Lipinski definition) is 1. The highest BCUT2D eigenvalue weighted by Gasteiger charge is 2.20. The van der Waals surface area contributed by atoms with Crippen LogP contribution in [0.2, 0.25) is 0 Å². The fourth-order valence-electron chi connectivity index (χ4n) is 0.720. The van der Waals surface area contributed by atoms with Gasteiger partial charge in [-0.1, -0.05) is 6.92 Å². The van der Waals surface area contributed by atoms with E-state index in [0.717, 1.165) is 4.31 Å². The molecule has 72 valence electrons. The van der Waals surface area contributed by atoms with Crippen LogP contribution < -0.4 is 0 Å².